The first kappa shape index (κ1) is 10.6. The van der Waals surface area contributed by atoms with Crippen molar-refractivity contribution in [1.29, 1.82) is 0 Å². The van der Waals surface area contributed by atoms with Crippen LogP contribution in [0.1, 0.15) is 6.42 Å². The number of nitrogens with one attached hydrogen (secondary N) is 1. The Labute approximate surface area is 98.8 Å². The molecule has 1 aromatic carbocycles. The summed E-state index contributed by atoms with van der Waals surface area (Å²) < 4.78 is 0. The van der Waals surface area contributed by atoms with Gasteiger partial charge in [0, 0.05) is 18.0 Å². The van der Waals surface area contributed by atoms with Gasteiger partial charge in [-0.05, 0) is 18.2 Å². The fourth-order valence-corrected chi connectivity index (χ4v) is 1.88. The zero-order chi connectivity index (χ0) is 10.8. The molecule has 1 heterocycles. The summed E-state index contributed by atoms with van der Waals surface area (Å²) in [4.78, 5) is 12.8. The molecule has 1 aliphatic rings. The molecule has 1 aliphatic heterocycles. The van der Waals surface area contributed by atoms with E-state index in [0.717, 1.165) is 18.0 Å². The third kappa shape index (κ3) is 2.38. The van der Waals surface area contributed by atoms with Crippen LogP contribution in [-0.4, -0.2) is 18.3 Å². The van der Waals surface area contributed by atoms with Crippen molar-refractivity contribution in [2.75, 3.05) is 23.4 Å². The minimum Gasteiger partial charge on any atom is -0.366 e. The van der Waals surface area contributed by atoms with Crippen LogP contribution < -0.4 is 10.2 Å². The van der Waals surface area contributed by atoms with Gasteiger partial charge in [-0.2, -0.15) is 0 Å². The Morgan fingerprint density at radius 3 is 3.13 bits per heavy atom. The zero-order valence-electron chi connectivity index (χ0n) is 8.03. The normalized spacial score (nSPS) is 13.6. The lowest BCUT2D eigenvalue weighted by atomic mass is 10.2. The molecule has 5 heteroatoms. The molecule has 0 saturated carbocycles. The molecule has 0 spiro atoms. The molecular weight excluding hydrogens is 232 g/mol. The van der Waals surface area contributed by atoms with Gasteiger partial charge in [-0.15, -0.1) is 12.6 Å². The highest BCUT2D eigenvalue weighted by Gasteiger charge is 2.18. The first-order chi connectivity index (χ1) is 7.16. The van der Waals surface area contributed by atoms with Gasteiger partial charge in [-0.3, -0.25) is 4.79 Å². The van der Waals surface area contributed by atoms with Gasteiger partial charge in [0.2, 0.25) is 0 Å². The minimum absolute atomic E-state index is 0.0921. The third-order valence-corrected chi connectivity index (χ3v) is 2.82. The van der Waals surface area contributed by atoms with E-state index in [9.17, 15) is 4.79 Å². The summed E-state index contributed by atoms with van der Waals surface area (Å²) >= 11 is 9.66. The molecule has 0 bridgehead atoms. The summed E-state index contributed by atoms with van der Waals surface area (Å²) in [5, 5.41) is 3.85. The molecule has 1 aromatic rings. The molecule has 2 rings (SSSR count). The first-order valence-electron chi connectivity index (χ1n) is 4.67. The number of carbonyl (C=O) groups is 1. The van der Waals surface area contributed by atoms with Crippen molar-refractivity contribution in [2.24, 2.45) is 0 Å². The van der Waals surface area contributed by atoms with Crippen LogP contribution in [0.5, 0.6) is 0 Å². The fraction of sp³-hybridized carbons (Fsp3) is 0.300. The highest BCUT2D eigenvalue weighted by molar-refractivity contribution is 7.96. The second-order valence-electron chi connectivity index (χ2n) is 3.40. The van der Waals surface area contributed by atoms with E-state index < -0.39 is 0 Å². The van der Waals surface area contributed by atoms with Crippen molar-refractivity contribution >= 4 is 40.7 Å². The molecule has 80 valence electrons. The molecule has 0 radical (unpaired) electrons. The van der Waals surface area contributed by atoms with Gasteiger partial charge in [0.05, 0.1) is 18.0 Å². The fourth-order valence-electron chi connectivity index (χ4n) is 1.61. The number of benzene rings is 1. The minimum atomic E-state index is -0.0921. The molecule has 15 heavy (non-hydrogen) atoms. The molecule has 0 unspecified atom stereocenters. The Kier molecular flexibility index (Phi) is 3.07. The Hall–Kier alpha value is -0.870. The average Bonchev–Trinajstić information content (AvgIpc) is 2.57. The van der Waals surface area contributed by atoms with E-state index in [1.165, 1.54) is 0 Å². The number of hydrogen-bond acceptors (Lipinski definition) is 3. The molecule has 0 aromatic heterocycles. The van der Waals surface area contributed by atoms with E-state index in [-0.39, 0.29) is 5.12 Å². The number of rotatable bonds is 3. The summed E-state index contributed by atoms with van der Waals surface area (Å²) in [5.74, 6) is 0. The summed E-state index contributed by atoms with van der Waals surface area (Å²) in [7, 11) is 0. The quantitative estimate of drug-likeness (QED) is 0.799. The number of thiol groups is 1. The van der Waals surface area contributed by atoms with Gasteiger partial charge in [0.25, 0.3) is 0 Å². The average molecular weight is 243 g/mol. The SMILES string of the molecule is O=C(S)CCN1CNc2ccc(Cl)cc21. The lowest BCUT2D eigenvalue weighted by Gasteiger charge is -2.16. The molecule has 0 aliphatic carbocycles. The maximum atomic E-state index is 10.8. The van der Waals surface area contributed by atoms with Gasteiger partial charge in [0.1, 0.15) is 0 Å². The first-order valence-corrected chi connectivity index (χ1v) is 5.49. The second kappa shape index (κ2) is 4.33. The van der Waals surface area contributed by atoms with Crippen molar-refractivity contribution < 1.29 is 4.79 Å². The number of carbonyl (C=O) groups excluding carboxylic acids is 1. The van der Waals surface area contributed by atoms with Crippen LogP contribution in [0.4, 0.5) is 11.4 Å². The van der Waals surface area contributed by atoms with Crippen LogP contribution in [0.15, 0.2) is 18.2 Å². The molecule has 0 fully saturated rings. The Bertz CT molecular complexity index is 397. The molecule has 0 saturated heterocycles. The molecule has 1 N–H and O–H groups in total. The Balaban J connectivity index is 2.13. The van der Waals surface area contributed by atoms with E-state index >= 15 is 0 Å². The molecule has 0 amide bonds. The maximum Gasteiger partial charge on any atom is 0.187 e. The highest BCUT2D eigenvalue weighted by atomic mass is 35.5. The number of halogens is 1. The maximum absolute atomic E-state index is 10.8. The zero-order valence-corrected chi connectivity index (χ0v) is 9.68. The predicted molar refractivity (Wildman–Crippen MR) is 65.9 cm³/mol. The number of fused-ring (bicyclic) bond motifs is 1. The Morgan fingerprint density at radius 1 is 1.60 bits per heavy atom. The van der Waals surface area contributed by atoms with Gasteiger partial charge < -0.3 is 10.2 Å². The van der Waals surface area contributed by atoms with E-state index in [2.05, 4.69) is 22.8 Å². The van der Waals surface area contributed by atoms with Crippen molar-refractivity contribution in [3.05, 3.63) is 23.2 Å². The highest BCUT2D eigenvalue weighted by Crippen LogP contribution is 2.33. The van der Waals surface area contributed by atoms with Crippen molar-refractivity contribution in [2.45, 2.75) is 6.42 Å². The summed E-state index contributed by atoms with van der Waals surface area (Å²) in [5.41, 5.74) is 2.11. The number of hydrogen-bond donors (Lipinski definition) is 2. The monoisotopic (exact) mass is 242 g/mol. The van der Waals surface area contributed by atoms with Crippen LogP contribution in [-0.2, 0) is 4.79 Å². The van der Waals surface area contributed by atoms with Crippen LogP contribution in [0, 0.1) is 0 Å². The van der Waals surface area contributed by atoms with Gasteiger partial charge >= 0.3 is 0 Å². The smallest absolute Gasteiger partial charge is 0.187 e. The molecular formula is C10H11ClN2OS. The van der Waals surface area contributed by atoms with Crippen LogP contribution in [0.2, 0.25) is 5.02 Å². The number of nitrogens with zero attached hydrogens (tertiary/aromatic N) is 1. The molecule has 0 atom stereocenters. The largest absolute Gasteiger partial charge is 0.366 e. The topological polar surface area (TPSA) is 32.3 Å². The summed E-state index contributed by atoms with van der Waals surface area (Å²) in [6.07, 6.45) is 0.441. The summed E-state index contributed by atoms with van der Waals surface area (Å²) in [6.45, 7) is 1.39. The molecule has 3 nitrogen and oxygen atoms in total. The second-order valence-corrected chi connectivity index (χ2v) is 4.34. The van der Waals surface area contributed by atoms with Gasteiger partial charge in [0.15, 0.2) is 5.12 Å². The third-order valence-electron chi connectivity index (χ3n) is 2.36. The van der Waals surface area contributed by atoms with Crippen molar-refractivity contribution in [3.8, 4) is 0 Å². The summed E-state index contributed by atoms with van der Waals surface area (Å²) in [6, 6.07) is 5.70. The van der Waals surface area contributed by atoms with Crippen LogP contribution in [0.3, 0.4) is 0 Å². The van der Waals surface area contributed by atoms with Crippen molar-refractivity contribution in [1.82, 2.24) is 0 Å². The van der Waals surface area contributed by atoms with E-state index in [0.29, 0.717) is 18.0 Å². The van der Waals surface area contributed by atoms with E-state index in [4.69, 9.17) is 11.6 Å². The van der Waals surface area contributed by atoms with E-state index in [1.54, 1.807) is 0 Å². The predicted octanol–water partition coefficient (Wildman–Crippen LogP) is 2.38. The van der Waals surface area contributed by atoms with Crippen LogP contribution >= 0.6 is 24.2 Å². The van der Waals surface area contributed by atoms with Gasteiger partial charge in [-0.1, -0.05) is 11.6 Å². The standard InChI is InChI=1S/C10H11ClN2OS/c11-7-1-2-8-9(5-7)13(6-12-8)4-3-10(14)15/h1-2,5,12H,3-4,6H2,(H,14,15). The lowest BCUT2D eigenvalue weighted by Crippen LogP contribution is -2.24. The lowest BCUT2D eigenvalue weighted by molar-refractivity contribution is -0.110. The van der Waals surface area contributed by atoms with E-state index in [1.807, 2.05) is 18.2 Å². The number of anilines is 2. The van der Waals surface area contributed by atoms with Crippen molar-refractivity contribution in [3.63, 3.8) is 0 Å². The van der Waals surface area contributed by atoms with Crippen LogP contribution in [0.25, 0.3) is 0 Å². The van der Waals surface area contributed by atoms with Gasteiger partial charge in [-0.25, -0.2) is 0 Å². The Morgan fingerprint density at radius 2 is 2.40 bits per heavy atom.